The molecular formula is C18H28N2O. The van der Waals surface area contributed by atoms with Crippen molar-refractivity contribution in [3.8, 4) is 0 Å². The molecule has 116 valence electrons. The van der Waals surface area contributed by atoms with Gasteiger partial charge in [0.05, 0.1) is 6.04 Å². The van der Waals surface area contributed by atoms with Gasteiger partial charge in [-0.05, 0) is 18.4 Å². The molecule has 2 atom stereocenters. The zero-order chi connectivity index (χ0) is 15.1. The Labute approximate surface area is 128 Å². The second-order valence-electron chi connectivity index (χ2n) is 5.91. The summed E-state index contributed by atoms with van der Waals surface area (Å²) in [5, 5.41) is 3.55. The van der Waals surface area contributed by atoms with E-state index in [0.717, 1.165) is 32.2 Å². The maximum absolute atomic E-state index is 12.7. The first-order valence-electron chi connectivity index (χ1n) is 8.39. The number of amides is 1. The van der Waals surface area contributed by atoms with Crippen LogP contribution in [0.3, 0.4) is 0 Å². The van der Waals surface area contributed by atoms with Crippen molar-refractivity contribution in [2.24, 2.45) is 0 Å². The number of benzene rings is 1. The number of nitrogens with one attached hydrogen (secondary N) is 1. The molecule has 0 aromatic heterocycles. The number of rotatable bonds is 8. The third-order valence-corrected chi connectivity index (χ3v) is 4.22. The highest BCUT2D eigenvalue weighted by Crippen LogP contribution is 2.27. The Balaban J connectivity index is 2.09. The quantitative estimate of drug-likeness (QED) is 0.737. The van der Waals surface area contributed by atoms with Crippen LogP contribution in [0.2, 0.25) is 0 Å². The van der Waals surface area contributed by atoms with Crippen molar-refractivity contribution < 1.29 is 4.79 Å². The van der Waals surface area contributed by atoms with E-state index in [2.05, 4.69) is 31.3 Å². The summed E-state index contributed by atoms with van der Waals surface area (Å²) in [7, 11) is 0. The molecule has 0 radical (unpaired) electrons. The van der Waals surface area contributed by atoms with Crippen molar-refractivity contribution >= 4 is 5.91 Å². The number of hydrogen-bond donors (Lipinski definition) is 1. The summed E-state index contributed by atoms with van der Waals surface area (Å²) in [5.74, 6) is 0.286. The summed E-state index contributed by atoms with van der Waals surface area (Å²) in [5.41, 5.74) is 1.20. The third-order valence-electron chi connectivity index (χ3n) is 4.22. The van der Waals surface area contributed by atoms with E-state index >= 15 is 0 Å². The molecule has 2 rings (SSSR count). The Bertz CT molecular complexity index is 432. The van der Waals surface area contributed by atoms with Crippen LogP contribution in [-0.2, 0) is 4.79 Å². The molecule has 21 heavy (non-hydrogen) atoms. The lowest BCUT2D eigenvalue weighted by Gasteiger charge is -2.24. The van der Waals surface area contributed by atoms with Crippen molar-refractivity contribution in [1.82, 2.24) is 10.2 Å². The van der Waals surface area contributed by atoms with Gasteiger partial charge in [0.25, 0.3) is 0 Å². The van der Waals surface area contributed by atoms with Gasteiger partial charge in [0.15, 0.2) is 0 Å². The predicted molar refractivity (Wildman–Crippen MR) is 86.9 cm³/mol. The fraction of sp³-hybridized carbons (Fsp3) is 0.611. The number of hydrogen-bond acceptors (Lipinski definition) is 2. The van der Waals surface area contributed by atoms with Crippen molar-refractivity contribution in [1.29, 1.82) is 0 Å². The highest BCUT2D eigenvalue weighted by Gasteiger charge is 2.38. The molecule has 0 saturated carbocycles. The van der Waals surface area contributed by atoms with Gasteiger partial charge in [-0.1, -0.05) is 69.9 Å². The lowest BCUT2D eigenvalue weighted by molar-refractivity contribution is -0.130. The molecule has 1 amide bonds. The molecule has 1 fully saturated rings. The van der Waals surface area contributed by atoms with Gasteiger partial charge < -0.3 is 4.90 Å². The fourth-order valence-electron chi connectivity index (χ4n) is 2.98. The van der Waals surface area contributed by atoms with Crippen LogP contribution in [0.1, 0.15) is 64.1 Å². The monoisotopic (exact) mass is 288 g/mol. The summed E-state index contributed by atoms with van der Waals surface area (Å²) in [6.07, 6.45) is 6.70. The molecule has 1 saturated heterocycles. The average molecular weight is 288 g/mol. The molecule has 1 N–H and O–H groups in total. The van der Waals surface area contributed by atoms with Crippen LogP contribution in [-0.4, -0.2) is 23.4 Å². The minimum Gasteiger partial charge on any atom is -0.322 e. The summed E-state index contributed by atoms with van der Waals surface area (Å²) in [6, 6.07) is 10.3. The molecule has 1 aliphatic rings. The minimum absolute atomic E-state index is 0.00298. The van der Waals surface area contributed by atoms with Crippen LogP contribution < -0.4 is 5.32 Å². The summed E-state index contributed by atoms with van der Waals surface area (Å²) >= 11 is 0. The van der Waals surface area contributed by atoms with Crippen LogP contribution in [0.15, 0.2) is 30.3 Å². The zero-order valence-corrected chi connectivity index (χ0v) is 13.3. The van der Waals surface area contributed by atoms with E-state index in [4.69, 9.17) is 0 Å². The normalized spacial score (nSPS) is 22.0. The average Bonchev–Trinajstić information content (AvgIpc) is 2.83. The van der Waals surface area contributed by atoms with Crippen LogP contribution in [0, 0.1) is 0 Å². The van der Waals surface area contributed by atoms with Crippen LogP contribution in [0.25, 0.3) is 0 Å². The molecular weight excluding hydrogens is 260 g/mol. The molecule has 1 aromatic carbocycles. The number of carbonyl (C=O) groups excluding carboxylic acids is 1. The molecule has 0 bridgehead atoms. The van der Waals surface area contributed by atoms with Gasteiger partial charge in [0.1, 0.15) is 6.17 Å². The van der Waals surface area contributed by atoms with E-state index in [9.17, 15) is 4.79 Å². The van der Waals surface area contributed by atoms with Crippen LogP contribution in [0.4, 0.5) is 0 Å². The molecule has 0 spiro atoms. The maximum atomic E-state index is 12.7. The Kier molecular flexibility index (Phi) is 6.24. The number of unbranched alkanes of at least 4 members (excludes halogenated alkanes) is 3. The van der Waals surface area contributed by atoms with Gasteiger partial charge in [0.2, 0.25) is 5.91 Å². The van der Waals surface area contributed by atoms with Crippen molar-refractivity contribution in [3.63, 3.8) is 0 Å². The number of carbonyl (C=O) groups is 1. The van der Waals surface area contributed by atoms with E-state index in [1.54, 1.807) is 0 Å². The second-order valence-corrected chi connectivity index (χ2v) is 5.91. The SMILES string of the molecule is CCCCCN1C(=O)C(CCCC)NC1c1ccccc1. The summed E-state index contributed by atoms with van der Waals surface area (Å²) < 4.78 is 0. The Morgan fingerprint density at radius 1 is 1.05 bits per heavy atom. The first-order valence-corrected chi connectivity index (χ1v) is 8.39. The van der Waals surface area contributed by atoms with Crippen molar-refractivity contribution in [2.75, 3.05) is 6.54 Å². The molecule has 3 nitrogen and oxygen atoms in total. The van der Waals surface area contributed by atoms with E-state index in [-0.39, 0.29) is 18.1 Å². The molecule has 1 heterocycles. The van der Waals surface area contributed by atoms with Crippen LogP contribution in [0.5, 0.6) is 0 Å². The molecule has 2 unspecified atom stereocenters. The number of nitrogens with zero attached hydrogens (tertiary/aromatic N) is 1. The van der Waals surface area contributed by atoms with E-state index in [0.29, 0.717) is 0 Å². The maximum Gasteiger partial charge on any atom is 0.241 e. The first kappa shape index (κ1) is 16.0. The van der Waals surface area contributed by atoms with Gasteiger partial charge >= 0.3 is 0 Å². The van der Waals surface area contributed by atoms with Crippen molar-refractivity contribution in [2.45, 2.75) is 64.6 Å². The predicted octanol–water partition coefficient (Wildman–Crippen LogP) is 3.87. The summed E-state index contributed by atoms with van der Waals surface area (Å²) in [4.78, 5) is 14.7. The third kappa shape index (κ3) is 4.07. The van der Waals surface area contributed by atoms with Crippen molar-refractivity contribution in [3.05, 3.63) is 35.9 Å². The lowest BCUT2D eigenvalue weighted by atomic mass is 10.1. The Hall–Kier alpha value is -1.35. The largest absolute Gasteiger partial charge is 0.322 e. The van der Waals surface area contributed by atoms with Crippen LogP contribution >= 0.6 is 0 Å². The standard InChI is InChI=1S/C18H28N2O/c1-3-5-10-14-20-17(15-11-8-7-9-12-15)19-16(18(20)21)13-6-4-2/h7-9,11-12,16-17,19H,3-6,10,13-14H2,1-2H3. The highest BCUT2D eigenvalue weighted by atomic mass is 16.2. The molecule has 0 aliphatic carbocycles. The first-order chi connectivity index (χ1) is 10.3. The van der Waals surface area contributed by atoms with Gasteiger partial charge in [-0.15, -0.1) is 0 Å². The van der Waals surface area contributed by atoms with Gasteiger partial charge in [-0.2, -0.15) is 0 Å². The summed E-state index contributed by atoms with van der Waals surface area (Å²) in [6.45, 7) is 5.23. The molecule has 1 aliphatic heterocycles. The minimum atomic E-state index is -0.00298. The van der Waals surface area contributed by atoms with E-state index in [1.165, 1.54) is 18.4 Å². The van der Waals surface area contributed by atoms with Gasteiger partial charge in [-0.25, -0.2) is 0 Å². The van der Waals surface area contributed by atoms with Gasteiger partial charge in [-0.3, -0.25) is 10.1 Å². The van der Waals surface area contributed by atoms with E-state index < -0.39 is 0 Å². The Morgan fingerprint density at radius 2 is 1.76 bits per heavy atom. The highest BCUT2D eigenvalue weighted by molar-refractivity contribution is 5.84. The second kappa shape index (κ2) is 8.18. The fourth-order valence-corrected chi connectivity index (χ4v) is 2.98. The smallest absolute Gasteiger partial charge is 0.241 e. The van der Waals surface area contributed by atoms with Gasteiger partial charge in [0, 0.05) is 6.54 Å². The topological polar surface area (TPSA) is 32.3 Å². The zero-order valence-electron chi connectivity index (χ0n) is 13.3. The molecule has 1 aromatic rings. The lowest BCUT2D eigenvalue weighted by Crippen LogP contribution is -2.32. The Morgan fingerprint density at radius 3 is 2.43 bits per heavy atom. The molecule has 3 heteroatoms. The van der Waals surface area contributed by atoms with E-state index in [1.807, 2.05) is 23.1 Å².